The molecule has 0 aliphatic carbocycles. The van der Waals surface area contributed by atoms with Gasteiger partial charge in [-0.25, -0.2) is 4.79 Å². The summed E-state index contributed by atoms with van der Waals surface area (Å²) in [6.07, 6.45) is -19.4. The van der Waals surface area contributed by atoms with Crippen molar-refractivity contribution in [3.63, 3.8) is 0 Å². The molecule has 5 nitrogen and oxygen atoms in total. The van der Waals surface area contributed by atoms with Gasteiger partial charge in [0.25, 0.3) is 0 Å². The summed E-state index contributed by atoms with van der Waals surface area (Å²) < 4.78 is 117. The highest BCUT2D eigenvalue weighted by Crippen LogP contribution is 2.59. The summed E-state index contributed by atoms with van der Waals surface area (Å²) in [5, 5.41) is 7.71. The molecule has 14 heteroatoms. The van der Waals surface area contributed by atoms with Gasteiger partial charge in [0.1, 0.15) is 0 Å². The van der Waals surface area contributed by atoms with Crippen LogP contribution < -0.4 is 0 Å². The first kappa shape index (κ1) is 16.8. The van der Waals surface area contributed by atoms with E-state index in [0.717, 1.165) is 0 Å². The number of hydrogen-bond acceptors (Lipinski definition) is 5. The van der Waals surface area contributed by atoms with Crippen molar-refractivity contribution in [3.8, 4) is 0 Å². The fraction of sp³-hybridized carbons (Fsp3) is 0.833. The van der Waals surface area contributed by atoms with Crippen molar-refractivity contribution in [2.24, 2.45) is 0 Å². The van der Waals surface area contributed by atoms with E-state index in [1.165, 1.54) is 0 Å². The van der Waals surface area contributed by atoms with Gasteiger partial charge >= 0.3 is 36.1 Å². The zero-order valence-electron chi connectivity index (χ0n) is 8.48. The number of ether oxygens (including phenoxy) is 2. The molecule has 118 valence electrons. The lowest BCUT2D eigenvalue weighted by atomic mass is 10.2. The molecule has 1 aliphatic rings. The first-order valence-electron chi connectivity index (χ1n) is 4.11. The zero-order valence-corrected chi connectivity index (χ0v) is 8.48. The van der Waals surface area contributed by atoms with Crippen LogP contribution in [0.3, 0.4) is 0 Å². The number of hydrogen-bond donors (Lipinski definition) is 1. The molecule has 20 heavy (non-hydrogen) atoms. The Morgan fingerprint density at radius 1 is 0.950 bits per heavy atom. The zero-order chi connectivity index (χ0) is 16.2. The summed E-state index contributed by atoms with van der Waals surface area (Å²) in [5.74, 6) is -15.0. The van der Waals surface area contributed by atoms with Crippen LogP contribution in [0.25, 0.3) is 0 Å². The first-order chi connectivity index (χ1) is 8.65. The van der Waals surface area contributed by atoms with E-state index in [-0.39, 0.29) is 0 Å². The third kappa shape index (κ3) is 1.98. The van der Waals surface area contributed by atoms with Gasteiger partial charge < -0.3 is 0 Å². The highest BCUT2D eigenvalue weighted by atomic mass is 19.4. The largest absolute Gasteiger partial charge is 0.458 e. The summed E-state index contributed by atoms with van der Waals surface area (Å²) in [7, 11) is 0. The van der Waals surface area contributed by atoms with Crippen LogP contribution in [-0.2, 0) is 19.2 Å². The van der Waals surface area contributed by atoms with Gasteiger partial charge in [0.15, 0.2) is 0 Å². The monoisotopic (exact) mass is 324 g/mol. The van der Waals surface area contributed by atoms with Crippen molar-refractivity contribution in [2.75, 3.05) is 0 Å². The van der Waals surface area contributed by atoms with E-state index >= 15 is 0 Å². The fourth-order valence-electron chi connectivity index (χ4n) is 1.12. The number of carbonyl (C=O) groups is 1. The highest BCUT2D eigenvalue weighted by molar-refractivity contribution is 5.79. The first-order valence-corrected chi connectivity index (χ1v) is 4.11. The van der Waals surface area contributed by atoms with E-state index in [1.54, 1.807) is 0 Å². The van der Waals surface area contributed by atoms with Crippen LogP contribution in [0, 0.1) is 0 Å². The molecule has 1 N–H and O–H groups in total. The van der Waals surface area contributed by atoms with Crippen molar-refractivity contribution in [1.82, 2.24) is 0 Å². The van der Waals surface area contributed by atoms with Gasteiger partial charge in [-0.1, -0.05) is 0 Å². The van der Waals surface area contributed by atoms with Crippen LogP contribution in [0.15, 0.2) is 0 Å². The summed E-state index contributed by atoms with van der Waals surface area (Å²) in [6, 6.07) is 0. The van der Waals surface area contributed by atoms with Gasteiger partial charge in [-0.05, 0) is 0 Å². The van der Waals surface area contributed by atoms with E-state index in [2.05, 4.69) is 14.4 Å². The second-order valence-electron chi connectivity index (χ2n) is 3.31. The molecule has 0 amide bonds. The molecule has 2 atom stereocenters. The van der Waals surface area contributed by atoms with Crippen molar-refractivity contribution < 1.29 is 63.9 Å². The van der Waals surface area contributed by atoms with E-state index < -0.39 is 36.1 Å². The Labute approximate surface area is 101 Å². The van der Waals surface area contributed by atoms with Gasteiger partial charge in [0.2, 0.25) is 0 Å². The minimum absolute atomic E-state index is 2.39. The second kappa shape index (κ2) is 4.11. The predicted molar refractivity (Wildman–Crippen MR) is 34.5 cm³/mol. The molecule has 0 radical (unpaired) electrons. The Bertz CT molecular complexity index is 416. The predicted octanol–water partition coefficient (Wildman–Crippen LogP) is 2.13. The summed E-state index contributed by atoms with van der Waals surface area (Å²) in [4.78, 5) is 13.0. The molecule has 0 aromatic carbocycles. The molecule has 1 rings (SSSR count). The van der Waals surface area contributed by atoms with Gasteiger partial charge in [-0.3, -0.25) is 14.4 Å². The number of alkyl halides is 9. The Morgan fingerprint density at radius 2 is 1.40 bits per heavy atom. The Hall–Kier alpha value is -1.28. The Balaban J connectivity index is 3.47. The minimum atomic E-state index is -6.70. The summed E-state index contributed by atoms with van der Waals surface area (Å²) in [6.45, 7) is 0. The van der Waals surface area contributed by atoms with E-state index in [0.29, 0.717) is 0 Å². The third-order valence-electron chi connectivity index (χ3n) is 2.02. The lowest BCUT2D eigenvalue weighted by Crippen LogP contribution is -2.56. The Morgan fingerprint density at radius 3 is 1.65 bits per heavy atom. The lowest BCUT2D eigenvalue weighted by Gasteiger charge is -2.26. The van der Waals surface area contributed by atoms with Crippen LogP contribution in [0.5, 0.6) is 0 Å². The lowest BCUT2D eigenvalue weighted by molar-refractivity contribution is -0.400. The summed E-state index contributed by atoms with van der Waals surface area (Å²) in [5.41, 5.74) is 0. The molecular weight excluding hydrogens is 323 g/mol. The molecule has 0 aromatic heterocycles. The van der Waals surface area contributed by atoms with Crippen LogP contribution in [-0.4, -0.2) is 41.3 Å². The average Bonchev–Trinajstić information content (AvgIpc) is 2.46. The topological polar surface area (TPSA) is 65.0 Å². The van der Waals surface area contributed by atoms with Gasteiger partial charge in [-0.2, -0.15) is 44.8 Å². The molecule has 1 heterocycles. The smallest absolute Gasteiger partial charge is 0.294 e. The quantitative estimate of drug-likeness (QED) is 0.455. The van der Waals surface area contributed by atoms with Crippen molar-refractivity contribution in [2.45, 2.75) is 30.1 Å². The highest BCUT2D eigenvalue weighted by Gasteiger charge is 2.89. The van der Waals surface area contributed by atoms with Crippen LogP contribution >= 0.6 is 0 Å². The van der Waals surface area contributed by atoms with Crippen molar-refractivity contribution >= 4 is 5.97 Å². The van der Waals surface area contributed by atoms with Crippen LogP contribution in [0.4, 0.5) is 39.5 Å². The van der Waals surface area contributed by atoms with Crippen LogP contribution in [0.2, 0.25) is 0 Å². The number of halogens is 9. The maximum atomic E-state index is 13.1. The second-order valence-corrected chi connectivity index (χ2v) is 3.31. The third-order valence-corrected chi connectivity index (χ3v) is 2.02. The van der Waals surface area contributed by atoms with Gasteiger partial charge in [0.05, 0.1) is 0 Å². The maximum absolute atomic E-state index is 13.1. The molecule has 0 aromatic rings. The maximum Gasteiger partial charge on any atom is 0.458 e. The van der Waals surface area contributed by atoms with Crippen molar-refractivity contribution in [3.05, 3.63) is 0 Å². The van der Waals surface area contributed by atoms with E-state index in [1.807, 2.05) is 0 Å². The van der Waals surface area contributed by atoms with Gasteiger partial charge in [0, 0.05) is 0 Å². The molecule has 2 unspecified atom stereocenters. The van der Waals surface area contributed by atoms with E-state index in [4.69, 9.17) is 5.26 Å². The molecular formula is C6HF9O5. The standard InChI is InChI=1S/C6HF9O5/c7-3(5(11,12)13)6(14,15)20-2(19-3,1(16)18-17)4(8,9)10/h17H. The SMILES string of the molecule is O=C(OO)C1(C(F)(F)F)OC(F)(F)C(F)(C(F)(F)F)O1. The molecule has 1 fully saturated rings. The summed E-state index contributed by atoms with van der Waals surface area (Å²) >= 11 is 0. The molecule has 1 aliphatic heterocycles. The van der Waals surface area contributed by atoms with E-state index in [9.17, 15) is 44.3 Å². The molecule has 0 saturated carbocycles. The Kier molecular flexibility index (Phi) is 3.45. The normalized spacial score (nSPS) is 34.1. The number of rotatable bonds is 1. The number of carbonyl (C=O) groups excluding carboxylic acids is 1. The van der Waals surface area contributed by atoms with Gasteiger partial charge in [-0.15, -0.1) is 0 Å². The fourth-order valence-corrected chi connectivity index (χ4v) is 1.12. The molecule has 0 spiro atoms. The molecule has 1 saturated heterocycles. The molecule has 0 bridgehead atoms. The average molecular weight is 324 g/mol. The van der Waals surface area contributed by atoms with Crippen molar-refractivity contribution in [1.29, 1.82) is 0 Å². The van der Waals surface area contributed by atoms with Crippen LogP contribution in [0.1, 0.15) is 0 Å². The minimum Gasteiger partial charge on any atom is -0.294 e.